The summed E-state index contributed by atoms with van der Waals surface area (Å²) in [6.45, 7) is 3.54. The van der Waals surface area contributed by atoms with Gasteiger partial charge in [-0.05, 0) is 48.9 Å². The van der Waals surface area contributed by atoms with E-state index in [0.717, 1.165) is 18.0 Å². The number of hydrogen-bond donors (Lipinski definition) is 1. The first kappa shape index (κ1) is 14.3. The maximum absolute atomic E-state index is 5.66. The molecule has 20 heavy (non-hydrogen) atoms. The molecular weight excluding hydrogens is 252 g/mol. The van der Waals surface area contributed by atoms with Crippen molar-refractivity contribution in [1.29, 1.82) is 0 Å². The van der Waals surface area contributed by atoms with Gasteiger partial charge < -0.3 is 14.8 Å². The van der Waals surface area contributed by atoms with Crippen molar-refractivity contribution in [2.24, 2.45) is 0 Å². The van der Waals surface area contributed by atoms with E-state index in [2.05, 4.69) is 17.2 Å². The molecule has 0 amide bonds. The summed E-state index contributed by atoms with van der Waals surface area (Å²) >= 11 is 0. The van der Waals surface area contributed by atoms with Gasteiger partial charge in [0.25, 0.3) is 0 Å². The molecule has 0 aliphatic carbocycles. The molecule has 1 aromatic carbocycles. The number of nitrogens with zero attached hydrogens (tertiary/aromatic N) is 1. The Morgan fingerprint density at radius 3 is 2.35 bits per heavy atom. The predicted molar refractivity (Wildman–Crippen MR) is 79.1 cm³/mol. The Bertz CT molecular complexity index is 500. The first-order valence-corrected chi connectivity index (χ1v) is 6.70. The molecule has 2 aromatic rings. The van der Waals surface area contributed by atoms with E-state index in [1.54, 1.807) is 19.5 Å². The van der Waals surface area contributed by atoms with Gasteiger partial charge in [-0.3, -0.25) is 4.98 Å². The Morgan fingerprint density at radius 2 is 1.70 bits per heavy atom. The number of ether oxygens (including phenoxy) is 2. The van der Waals surface area contributed by atoms with E-state index in [1.807, 2.05) is 36.4 Å². The smallest absolute Gasteiger partial charge is 0.119 e. The second-order valence-corrected chi connectivity index (χ2v) is 4.48. The van der Waals surface area contributed by atoms with Crippen LogP contribution in [0.4, 0.5) is 0 Å². The largest absolute Gasteiger partial charge is 0.497 e. The van der Waals surface area contributed by atoms with E-state index in [9.17, 15) is 0 Å². The highest BCUT2D eigenvalue weighted by Gasteiger charge is 2.03. The third kappa shape index (κ3) is 4.24. The fourth-order valence-corrected chi connectivity index (χ4v) is 1.89. The molecule has 1 heterocycles. The third-order valence-corrected chi connectivity index (χ3v) is 3.09. The first-order valence-electron chi connectivity index (χ1n) is 6.70. The Labute approximate surface area is 119 Å². The van der Waals surface area contributed by atoms with Crippen molar-refractivity contribution >= 4 is 0 Å². The molecule has 0 aliphatic rings. The average molecular weight is 272 g/mol. The second kappa shape index (κ2) is 7.50. The van der Waals surface area contributed by atoms with Crippen LogP contribution in [0.3, 0.4) is 0 Å². The lowest BCUT2D eigenvalue weighted by molar-refractivity contribution is 0.307. The van der Waals surface area contributed by atoms with Crippen LogP contribution >= 0.6 is 0 Å². The fourth-order valence-electron chi connectivity index (χ4n) is 1.89. The molecule has 4 heteroatoms. The molecule has 0 radical (unpaired) electrons. The summed E-state index contributed by atoms with van der Waals surface area (Å²) in [6.07, 6.45) is 3.61. The van der Waals surface area contributed by atoms with Crippen LogP contribution in [-0.4, -0.2) is 25.2 Å². The van der Waals surface area contributed by atoms with Gasteiger partial charge in [0.15, 0.2) is 0 Å². The van der Waals surface area contributed by atoms with Crippen LogP contribution in [0.25, 0.3) is 0 Å². The molecule has 1 N–H and O–H groups in total. The number of pyridine rings is 1. The summed E-state index contributed by atoms with van der Waals surface area (Å²) in [5.41, 5.74) is 1.23. The zero-order valence-electron chi connectivity index (χ0n) is 11.9. The lowest BCUT2D eigenvalue weighted by Gasteiger charge is -2.14. The zero-order valence-corrected chi connectivity index (χ0v) is 11.9. The molecule has 0 spiro atoms. The SMILES string of the molecule is COc1ccc(OCCN[C@H](C)c2ccncc2)cc1. The summed E-state index contributed by atoms with van der Waals surface area (Å²) in [4.78, 5) is 4.02. The van der Waals surface area contributed by atoms with Gasteiger partial charge in [-0.15, -0.1) is 0 Å². The van der Waals surface area contributed by atoms with E-state index in [-0.39, 0.29) is 6.04 Å². The lowest BCUT2D eigenvalue weighted by atomic mass is 10.1. The molecule has 0 unspecified atom stereocenters. The quantitative estimate of drug-likeness (QED) is 0.787. The van der Waals surface area contributed by atoms with Gasteiger partial charge in [-0.2, -0.15) is 0 Å². The summed E-state index contributed by atoms with van der Waals surface area (Å²) in [5, 5.41) is 3.41. The van der Waals surface area contributed by atoms with Gasteiger partial charge in [0.2, 0.25) is 0 Å². The molecule has 4 nitrogen and oxygen atoms in total. The number of nitrogens with one attached hydrogen (secondary N) is 1. The summed E-state index contributed by atoms with van der Waals surface area (Å²) < 4.78 is 10.8. The van der Waals surface area contributed by atoms with E-state index in [1.165, 1.54) is 5.56 Å². The number of aromatic nitrogens is 1. The van der Waals surface area contributed by atoms with Crippen molar-refractivity contribution in [2.75, 3.05) is 20.3 Å². The van der Waals surface area contributed by atoms with Crippen molar-refractivity contribution in [2.45, 2.75) is 13.0 Å². The summed E-state index contributed by atoms with van der Waals surface area (Å²) in [6, 6.07) is 11.9. The van der Waals surface area contributed by atoms with E-state index >= 15 is 0 Å². The molecule has 0 bridgehead atoms. The van der Waals surface area contributed by atoms with Crippen LogP contribution in [0, 0.1) is 0 Å². The third-order valence-electron chi connectivity index (χ3n) is 3.09. The zero-order chi connectivity index (χ0) is 14.2. The van der Waals surface area contributed by atoms with Gasteiger partial charge in [0, 0.05) is 25.0 Å². The second-order valence-electron chi connectivity index (χ2n) is 4.48. The predicted octanol–water partition coefficient (Wildman–Crippen LogP) is 2.82. The standard InChI is InChI=1S/C16H20N2O2/c1-13(14-7-9-17-10-8-14)18-11-12-20-16-5-3-15(19-2)4-6-16/h3-10,13,18H,11-12H2,1-2H3/t13-/m1/s1. The maximum atomic E-state index is 5.66. The van der Waals surface area contributed by atoms with Crippen LogP contribution in [0.1, 0.15) is 18.5 Å². The number of hydrogen-bond acceptors (Lipinski definition) is 4. The van der Waals surface area contributed by atoms with E-state index < -0.39 is 0 Å². The fraction of sp³-hybridized carbons (Fsp3) is 0.312. The van der Waals surface area contributed by atoms with Gasteiger partial charge in [0.1, 0.15) is 18.1 Å². The van der Waals surface area contributed by atoms with Gasteiger partial charge in [-0.1, -0.05) is 0 Å². The topological polar surface area (TPSA) is 43.4 Å². The summed E-state index contributed by atoms with van der Waals surface area (Å²) in [5.74, 6) is 1.69. The van der Waals surface area contributed by atoms with Crippen LogP contribution < -0.4 is 14.8 Å². The minimum atomic E-state index is 0.289. The number of methoxy groups -OCH3 is 1. The molecular formula is C16H20N2O2. The highest BCUT2D eigenvalue weighted by Crippen LogP contribution is 2.16. The Hall–Kier alpha value is -2.07. The highest BCUT2D eigenvalue weighted by molar-refractivity contribution is 5.31. The summed E-state index contributed by atoms with van der Waals surface area (Å²) in [7, 11) is 1.65. The van der Waals surface area contributed by atoms with Gasteiger partial charge >= 0.3 is 0 Å². The van der Waals surface area contributed by atoms with Crippen LogP contribution in [0.2, 0.25) is 0 Å². The first-order chi connectivity index (χ1) is 9.79. The van der Waals surface area contributed by atoms with E-state index in [4.69, 9.17) is 9.47 Å². The minimum absolute atomic E-state index is 0.289. The molecule has 0 fully saturated rings. The lowest BCUT2D eigenvalue weighted by Crippen LogP contribution is -2.24. The average Bonchev–Trinajstić information content (AvgIpc) is 2.53. The van der Waals surface area contributed by atoms with Crippen molar-refractivity contribution in [1.82, 2.24) is 10.3 Å². The number of benzene rings is 1. The van der Waals surface area contributed by atoms with Gasteiger partial charge in [0.05, 0.1) is 7.11 Å². The molecule has 1 atom stereocenters. The molecule has 0 saturated carbocycles. The molecule has 0 aliphatic heterocycles. The minimum Gasteiger partial charge on any atom is -0.497 e. The number of rotatable bonds is 7. The van der Waals surface area contributed by atoms with Crippen molar-refractivity contribution < 1.29 is 9.47 Å². The monoisotopic (exact) mass is 272 g/mol. The van der Waals surface area contributed by atoms with Crippen molar-refractivity contribution in [3.05, 3.63) is 54.4 Å². The molecule has 1 aromatic heterocycles. The highest BCUT2D eigenvalue weighted by atomic mass is 16.5. The van der Waals surface area contributed by atoms with Crippen molar-refractivity contribution in [3.8, 4) is 11.5 Å². The normalized spacial score (nSPS) is 11.9. The van der Waals surface area contributed by atoms with Crippen molar-refractivity contribution in [3.63, 3.8) is 0 Å². The van der Waals surface area contributed by atoms with E-state index in [0.29, 0.717) is 6.61 Å². The van der Waals surface area contributed by atoms with Crippen LogP contribution in [-0.2, 0) is 0 Å². The molecule has 106 valence electrons. The maximum Gasteiger partial charge on any atom is 0.119 e. The van der Waals surface area contributed by atoms with Crippen LogP contribution in [0.5, 0.6) is 11.5 Å². The Morgan fingerprint density at radius 1 is 1.05 bits per heavy atom. The molecule has 2 rings (SSSR count). The van der Waals surface area contributed by atoms with Gasteiger partial charge in [-0.25, -0.2) is 0 Å². The van der Waals surface area contributed by atoms with Crippen LogP contribution in [0.15, 0.2) is 48.8 Å². The Balaban J connectivity index is 1.70. The molecule has 0 saturated heterocycles. The Kier molecular flexibility index (Phi) is 5.38.